The third-order valence-electron chi connectivity index (χ3n) is 4.81. The number of aliphatic carboxylic acids is 1. The third kappa shape index (κ3) is 4.04. The zero-order chi connectivity index (χ0) is 18.5. The first kappa shape index (κ1) is 18.0. The summed E-state index contributed by atoms with van der Waals surface area (Å²) in [6, 6.07) is 17.0. The first-order valence-corrected chi connectivity index (χ1v) is 8.85. The van der Waals surface area contributed by atoms with Crippen molar-refractivity contribution in [3.05, 3.63) is 65.7 Å². The number of hydrogen-bond donors (Lipinski definition) is 1. The van der Waals surface area contributed by atoms with Crippen molar-refractivity contribution in [3.63, 3.8) is 0 Å². The van der Waals surface area contributed by atoms with Crippen molar-refractivity contribution < 1.29 is 19.4 Å². The molecule has 2 aromatic carbocycles. The number of carboxylic acid groups (broad SMARTS) is 1. The van der Waals surface area contributed by atoms with E-state index < -0.39 is 11.9 Å². The summed E-state index contributed by atoms with van der Waals surface area (Å²) < 4.78 is 5.41. The van der Waals surface area contributed by atoms with Crippen LogP contribution >= 0.6 is 0 Å². The molecule has 1 aliphatic heterocycles. The first-order valence-electron chi connectivity index (χ1n) is 8.85. The zero-order valence-electron chi connectivity index (χ0n) is 14.8. The van der Waals surface area contributed by atoms with Crippen LogP contribution in [0, 0.1) is 5.92 Å². The maximum absolute atomic E-state index is 12.7. The smallest absolute Gasteiger partial charge is 0.308 e. The van der Waals surface area contributed by atoms with Gasteiger partial charge in [0.05, 0.1) is 18.9 Å². The molecule has 5 heteroatoms. The Balaban J connectivity index is 1.69. The van der Waals surface area contributed by atoms with E-state index in [-0.39, 0.29) is 24.8 Å². The minimum absolute atomic E-state index is 0.0427. The van der Waals surface area contributed by atoms with E-state index in [1.807, 2.05) is 61.5 Å². The Hall–Kier alpha value is -2.82. The molecule has 1 amide bonds. The third-order valence-corrected chi connectivity index (χ3v) is 4.81. The van der Waals surface area contributed by atoms with Gasteiger partial charge in [0, 0.05) is 19.0 Å². The lowest BCUT2D eigenvalue weighted by molar-refractivity contribution is -0.141. The monoisotopic (exact) mass is 353 g/mol. The van der Waals surface area contributed by atoms with Crippen LogP contribution in [0.3, 0.4) is 0 Å². The van der Waals surface area contributed by atoms with E-state index in [0.717, 1.165) is 16.9 Å². The number of hydrogen-bond acceptors (Lipinski definition) is 3. The minimum atomic E-state index is -0.852. The van der Waals surface area contributed by atoms with Gasteiger partial charge in [-0.15, -0.1) is 0 Å². The normalized spacial score (nSPS) is 19.3. The Morgan fingerprint density at radius 2 is 1.77 bits per heavy atom. The summed E-state index contributed by atoms with van der Waals surface area (Å²) in [7, 11) is 0. The van der Waals surface area contributed by atoms with Crippen molar-refractivity contribution in [2.45, 2.75) is 19.3 Å². The molecule has 2 atom stereocenters. The molecule has 0 radical (unpaired) electrons. The van der Waals surface area contributed by atoms with Gasteiger partial charge < -0.3 is 14.7 Å². The summed E-state index contributed by atoms with van der Waals surface area (Å²) in [5.41, 5.74) is 1.87. The maximum Gasteiger partial charge on any atom is 0.308 e. The Labute approximate surface area is 153 Å². The van der Waals surface area contributed by atoms with Crippen molar-refractivity contribution in [2.24, 2.45) is 5.92 Å². The lowest BCUT2D eigenvalue weighted by Crippen LogP contribution is -2.31. The molecule has 1 N–H and O–H groups in total. The number of amides is 1. The van der Waals surface area contributed by atoms with Crippen LogP contribution in [0.4, 0.5) is 0 Å². The zero-order valence-corrected chi connectivity index (χ0v) is 14.8. The van der Waals surface area contributed by atoms with Gasteiger partial charge >= 0.3 is 5.97 Å². The van der Waals surface area contributed by atoms with Crippen LogP contribution in [-0.4, -0.2) is 41.6 Å². The molecule has 1 aliphatic rings. The molecule has 0 spiro atoms. The van der Waals surface area contributed by atoms with E-state index in [4.69, 9.17) is 4.74 Å². The van der Waals surface area contributed by atoms with Crippen molar-refractivity contribution in [1.29, 1.82) is 0 Å². The van der Waals surface area contributed by atoms with Gasteiger partial charge in [0.15, 0.2) is 0 Å². The second-order valence-electron chi connectivity index (χ2n) is 6.51. The number of likely N-dealkylation sites (tertiary alicyclic amines) is 1. The second kappa shape index (κ2) is 8.04. The number of ether oxygens (including phenoxy) is 1. The van der Waals surface area contributed by atoms with E-state index in [1.165, 1.54) is 0 Å². The quantitative estimate of drug-likeness (QED) is 0.867. The highest BCUT2D eigenvalue weighted by atomic mass is 16.5. The number of carbonyl (C=O) groups excluding carboxylic acids is 1. The average molecular weight is 353 g/mol. The molecular weight excluding hydrogens is 330 g/mol. The van der Waals surface area contributed by atoms with Crippen molar-refractivity contribution in [3.8, 4) is 5.75 Å². The fourth-order valence-corrected chi connectivity index (χ4v) is 3.45. The van der Waals surface area contributed by atoms with E-state index in [0.29, 0.717) is 13.2 Å². The molecule has 0 saturated carbocycles. The molecule has 0 aromatic heterocycles. The minimum Gasteiger partial charge on any atom is -0.494 e. The molecule has 1 saturated heterocycles. The average Bonchev–Trinajstić information content (AvgIpc) is 3.10. The van der Waals surface area contributed by atoms with Crippen molar-refractivity contribution >= 4 is 11.9 Å². The van der Waals surface area contributed by atoms with Crippen LogP contribution < -0.4 is 4.74 Å². The lowest BCUT2D eigenvalue weighted by atomic mass is 9.89. The number of rotatable bonds is 6. The summed E-state index contributed by atoms with van der Waals surface area (Å²) in [6.45, 7) is 3.22. The second-order valence-corrected chi connectivity index (χ2v) is 6.51. The van der Waals surface area contributed by atoms with Gasteiger partial charge in [-0.3, -0.25) is 9.59 Å². The van der Waals surface area contributed by atoms with E-state index in [1.54, 1.807) is 4.90 Å². The fraction of sp³-hybridized carbons (Fsp3) is 0.333. The Morgan fingerprint density at radius 1 is 1.08 bits per heavy atom. The SMILES string of the molecule is CCOc1ccc(CC(=O)N2CC(C(=O)O)C(c3ccccc3)C2)cc1. The molecule has 1 heterocycles. The molecule has 2 aromatic rings. The van der Waals surface area contributed by atoms with Gasteiger partial charge in [0.25, 0.3) is 0 Å². The lowest BCUT2D eigenvalue weighted by Gasteiger charge is -2.17. The van der Waals surface area contributed by atoms with E-state index in [9.17, 15) is 14.7 Å². The standard InChI is InChI=1S/C21H23NO4/c1-2-26-17-10-8-15(9-11-17)12-20(23)22-13-18(19(14-22)21(24)25)16-6-4-3-5-7-16/h3-11,18-19H,2,12-14H2,1H3,(H,24,25). The van der Waals surface area contributed by atoms with Gasteiger partial charge in [-0.1, -0.05) is 42.5 Å². The van der Waals surface area contributed by atoms with Crippen LogP contribution in [0.1, 0.15) is 24.0 Å². The maximum atomic E-state index is 12.7. The number of nitrogens with zero attached hydrogens (tertiary/aromatic N) is 1. The summed E-state index contributed by atoms with van der Waals surface area (Å²) in [6.07, 6.45) is 0.264. The van der Waals surface area contributed by atoms with Gasteiger partial charge in [0.2, 0.25) is 5.91 Å². The molecular formula is C21H23NO4. The molecule has 2 unspecified atom stereocenters. The number of carbonyl (C=O) groups is 2. The van der Waals surface area contributed by atoms with Crippen LogP contribution in [0.5, 0.6) is 5.75 Å². The van der Waals surface area contributed by atoms with Gasteiger partial charge in [-0.05, 0) is 30.2 Å². The van der Waals surface area contributed by atoms with Gasteiger partial charge in [0.1, 0.15) is 5.75 Å². The van der Waals surface area contributed by atoms with E-state index >= 15 is 0 Å². The molecule has 0 bridgehead atoms. The first-order chi connectivity index (χ1) is 12.6. The number of carboxylic acids is 1. The summed E-state index contributed by atoms with van der Waals surface area (Å²) >= 11 is 0. The highest BCUT2D eigenvalue weighted by Crippen LogP contribution is 2.33. The summed E-state index contributed by atoms with van der Waals surface area (Å²) in [4.78, 5) is 26.0. The number of benzene rings is 2. The molecule has 3 rings (SSSR count). The largest absolute Gasteiger partial charge is 0.494 e. The van der Waals surface area contributed by atoms with Crippen molar-refractivity contribution in [1.82, 2.24) is 4.90 Å². The summed E-state index contributed by atoms with van der Waals surface area (Å²) in [5.74, 6) is -0.853. The van der Waals surface area contributed by atoms with Crippen LogP contribution in [0.15, 0.2) is 54.6 Å². The molecule has 0 aliphatic carbocycles. The molecule has 5 nitrogen and oxygen atoms in total. The molecule has 136 valence electrons. The van der Waals surface area contributed by atoms with Crippen LogP contribution in [0.2, 0.25) is 0 Å². The predicted molar refractivity (Wildman–Crippen MR) is 98.2 cm³/mol. The van der Waals surface area contributed by atoms with Gasteiger partial charge in [-0.2, -0.15) is 0 Å². The fourth-order valence-electron chi connectivity index (χ4n) is 3.45. The summed E-state index contributed by atoms with van der Waals surface area (Å²) in [5, 5.41) is 9.56. The Bertz CT molecular complexity index is 757. The molecule has 1 fully saturated rings. The Morgan fingerprint density at radius 3 is 2.38 bits per heavy atom. The van der Waals surface area contributed by atoms with Gasteiger partial charge in [-0.25, -0.2) is 0 Å². The van der Waals surface area contributed by atoms with Crippen LogP contribution in [-0.2, 0) is 16.0 Å². The van der Waals surface area contributed by atoms with Crippen LogP contribution in [0.25, 0.3) is 0 Å². The topological polar surface area (TPSA) is 66.8 Å². The van der Waals surface area contributed by atoms with Crippen molar-refractivity contribution in [2.75, 3.05) is 19.7 Å². The van der Waals surface area contributed by atoms with E-state index in [2.05, 4.69) is 0 Å². The highest BCUT2D eigenvalue weighted by molar-refractivity contribution is 5.81. The molecule has 26 heavy (non-hydrogen) atoms. The Kier molecular flexibility index (Phi) is 5.56. The highest BCUT2D eigenvalue weighted by Gasteiger charge is 2.40. The predicted octanol–water partition coefficient (Wildman–Crippen LogP) is 2.95.